The van der Waals surface area contributed by atoms with Crippen molar-refractivity contribution in [2.45, 2.75) is 19.4 Å². The molecule has 0 heterocycles. The second-order valence-corrected chi connectivity index (χ2v) is 5.66. The lowest BCUT2D eigenvalue weighted by atomic mass is 10.1. The van der Waals surface area contributed by atoms with Crippen LogP contribution in [0.15, 0.2) is 16.6 Å². The summed E-state index contributed by atoms with van der Waals surface area (Å²) >= 11 is 3.35. The number of carbonyl (C=O) groups is 1. The Kier molecular flexibility index (Phi) is 7.33. The smallest absolute Gasteiger partial charge is 0.251 e. The topological polar surface area (TPSA) is 73.6 Å². The van der Waals surface area contributed by atoms with Crippen LogP contribution in [0.3, 0.4) is 0 Å². The molecular weight excluding hydrogens is 348 g/mol. The number of rotatable bonds is 5. The number of carbonyl (C=O) groups excluding carboxylic acids is 1. The van der Waals surface area contributed by atoms with Crippen molar-refractivity contribution < 1.29 is 14.3 Å². The van der Waals surface area contributed by atoms with Crippen molar-refractivity contribution in [2.24, 2.45) is 5.73 Å². The Morgan fingerprint density at radius 3 is 2.10 bits per heavy atom. The van der Waals surface area contributed by atoms with E-state index >= 15 is 0 Å². The van der Waals surface area contributed by atoms with Gasteiger partial charge in [0, 0.05) is 17.6 Å². The third kappa shape index (κ3) is 5.19. The number of methoxy groups -OCH3 is 2. The summed E-state index contributed by atoms with van der Waals surface area (Å²) in [5.41, 5.74) is 5.83. The molecule has 0 aliphatic heterocycles. The Bertz CT molecular complexity index is 450. The molecule has 0 saturated heterocycles. The van der Waals surface area contributed by atoms with E-state index in [2.05, 4.69) is 21.2 Å². The predicted octanol–water partition coefficient (Wildman–Crippen LogP) is 2.36. The SMILES string of the molecule is COc1cc(C(=O)NCC(C)(C)N)cc(OC)c1Br.Cl. The van der Waals surface area contributed by atoms with E-state index in [0.29, 0.717) is 28.1 Å². The maximum Gasteiger partial charge on any atom is 0.251 e. The highest BCUT2D eigenvalue weighted by molar-refractivity contribution is 9.10. The lowest BCUT2D eigenvalue weighted by Crippen LogP contribution is -2.45. The van der Waals surface area contributed by atoms with E-state index in [9.17, 15) is 4.79 Å². The van der Waals surface area contributed by atoms with Crippen LogP contribution in [0, 0.1) is 0 Å². The Hall–Kier alpha value is -0.980. The van der Waals surface area contributed by atoms with E-state index in [1.165, 1.54) is 14.2 Å². The van der Waals surface area contributed by atoms with E-state index in [0.717, 1.165) is 0 Å². The van der Waals surface area contributed by atoms with Crippen molar-refractivity contribution in [2.75, 3.05) is 20.8 Å². The van der Waals surface area contributed by atoms with Gasteiger partial charge in [-0.3, -0.25) is 4.79 Å². The average molecular weight is 368 g/mol. The van der Waals surface area contributed by atoms with Gasteiger partial charge in [-0.25, -0.2) is 0 Å². The number of amides is 1. The number of hydrogen-bond donors (Lipinski definition) is 2. The highest BCUT2D eigenvalue weighted by Gasteiger charge is 2.17. The molecule has 0 aliphatic rings. The van der Waals surface area contributed by atoms with Gasteiger partial charge in [-0.05, 0) is 41.9 Å². The molecule has 5 nitrogen and oxygen atoms in total. The first-order valence-corrected chi connectivity index (χ1v) is 6.56. The summed E-state index contributed by atoms with van der Waals surface area (Å²) in [6.45, 7) is 4.07. The molecule has 1 aromatic carbocycles. The maximum atomic E-state index is 12.0. The van der Waals surface area contributed by atoms with Gasteiger partial charge >= 0.3 is 0 Å². The Morgan fingerprint density at radius 1 is 1.30 bits per heavy atom. The standard InChI is InChI=1S/C13H19BrN2O3.ClH/c1-13(2,15)7-16-12(17)8-5-9(18-3)11(14)10(6-8)19-4;/h5-6H,7,15H2,1-4H3,(H,16,17);1H. The monoisotopic (exact) mass is 366 g/mol. The van der Waals surface area contributed by atoms with Crippen LogP contribution >= 0.6 is 28.3 Å². The summed E-state index contributed by atoms with van der Waals surface area (Å²) in [5, 5.41) is 2.77. The fourth-order valence-electron chi connectivity index (χ4n) is 1.41. The van der Waals surface area contributed by atoms with Crippen LogP contribution in [-0.4, -0.2) is 32.2 Å². The molecule has 0 spiro atoms. The van der Waals surface area contributed by atoms with Crippen LogP contribution in [0.1, 0.15) is 24.2 Å². The van der Waals surface area contributed by atoms with Gasteiger partial charge in [-0.1, -0.05) is 0 Å². The number of nitrogens with two attached hydrogens (primary N) is 1. The first-order valence-electron chi connectivity index (χ1n) is 5.77. The predicted molar refractivity (Wildman–Crippen MR) is 85.1 cm³/mol. The highest BCUT2D eigenvalue weighted by Crippen LogP contribution is 2.35. The molecule has 7 heteroatoms. The van der Waals surface area contributed by atoms with Gasteiger partial charge in [-0.15, -0.1) is 12.4 Å². The van der Waals surface area contributed by atoms with Crippen LogP contribution in [-0.2, 0) is 0 Å². The Morgan fingerprint density at radius 2 is 1.75 bits per heavy atom. The molecule has 114 valence electrons. The fourth-order valence-corrected chi connectivity index (χ4v) is 1.96. The van der Waals surface area contributed by atoms with Crippen LogP contribution in [0.2, 0.25) is 0 Å². The average Bonchev–Trinajstić information content (AvgIpc) is 2.35. The van der Waals surface area contributed by atoms with Crippen LogP contribution in [0.5, 0.6) is 11.5 Å². The number of ether oxygens (including phenoxy) is 2. The van der Waals surface area contributed by atoms with Gasteiger partial charge in [0.2, 0.25) is 0 Å². The summed E-state index contributed by atoms with van der Waals surface area (Å²) in [5.74, 6) is 0.857. The molecule has 1 rings (SSSR count). The van der Waals surface area contributed by atoms with E-state index in [-0.39, 0.29) is 18.3 Å². The lowest BCUT2D eigenvalue weighted by molar-refractivity contribution is 0.0945. The number of nitrogens with one attached hydrogen (secondary N) is 1. The minimum absolute atomic E-state index is 0. The molecule has 1 aromatic rings. The van der Waals surface area contributed by atoms with Crippen molar-refractivity contribution in [3.05, 3.63) is 22.2 Å². The highest BCUT2D eigenvalue weighted by atomic mass is 79.9. The van der Waals surface area contributed by atoms with Gasteiger partial charge in [0.1, 0.15) is 16.0 Å². The van der Waals surface area contributed by atoms with Gasteiger partial charge in [0.05, 0.1) is 14.2 Å². The van der Waals surface area contributed by atoms with E-state index in [1.807, 2.05) is 13.8 Å². The third-order valence-electron chi connectivity index (χ3n) is 2.41. The zero-order valence-electron chi connectivity index (χ0n) is 12.0. The largest absolute Gasteiger partial charge is 0.495 e. The van der Waals surface area contributed by atoms with Crippen molar-refractivity contribution in [1.82, 2.24) is 5.32 Å². The number of halogens is 2. The van der Waals surface area contributed by atoms with Crippen LogP contribution in [0.4, 0.5) is 0 Å². The molecular formula is C13H20BrClN2O3. The second kappa shape index (κ2) is 7.71. The lowest BCUT2D eigenvalue weighted by Gasteiger charge is -2.19. The molecule has 3 N–H and O–H groups in total. The molecule has 20 heavy (non-hydrogen) atoms. The zero-order chi connectivity index (χ0) is 14.6. The van der Waals surface area contributed by atoms with Crippen molar-refractivity contribution in [1.29, 1.82) is 0 Å². The third-order valence-corrected chi connectivity index (χ3v) is 3.19. The van der Waals surface area contributed by atoms with E-state index in [1.54, 1.807) is 12.1 Å². The summed E-state index contributed by atoms with van der Waals surface area (Å²) in [6.07, 6.45) is 0. The number of hydrogen-bond acceptors (Lipinski definition) is 4. The quantitative estimate of drug-likeness (QED) is 0.838. The fraction of sp³-hybridized carbons (Fsp3) is 0.462. The molecule has 0 atom stereocenters. The van der Waals surface area contributed by atoms with Gasteiger partial charge in [-0.2, -0.15) is 0 Å². The van der Waals surface area contributed by atoms with Gasteiger partial charge in [0.15, 0.2) is 0 Å². The Balaban J connectivity index is 0.00000361. The molecule has 0 saturated carbocycles. The first-order chi connectivity index (χ1) is 8.78. The molecule has 0 radical (unpaired) electrons. The van der Waals surface area contributed by atoms with E-state index in [4.69, 9.17) is 15.2 Å². The Labute approximate surface area is 133 Å². The second-order valence-electron chi connectivity index (χ2n) is 4.87. The first kappa shape index (κ1) is 19.0. The normalized spacial score (nSPS) is 10.5. The minimum atomic E-state index is -0.459. The van der Waals surface area contributed by atoms with Gasteiger partial charge < -0.3 is 20.5 Å². The minimum Gasteiger partial charge on any atom is -0.495 e. The summed E-state index contributed by atoms with van der Waals surface area (Å²) in [7, 11) is 3.06. The van der Waals surface area contributed by atoms with Crippen molar-refractivity contribution in [3.63, 3.8) is 0 Å². The number of benzene rings is 1. The zero-order valence-corrected chi connectivity index (χ0v) is 14.4. The van der Waals surface area contributed by atoms with Crippen LogP contribution in [0.25, 0.3) is 0 Å². The molecule has 0 aromatic heterocycles. The maximum absolute atomic E-state index is 12.0. The van der Waals surface area contributed by atoms with E-state index < -0.39 is 5.54 Å². The van der Waals surface area contributed by atoms with Gasteiger partial charge in [0.25, 0.3) is 5.91 Å². The van der Waals surface area contributed by atoms with Crippen molar-refractivity contribution in [3.8, 4) is 11.5 Å². The molecule has 0 bridgehead atoms. The van der Waals surface area contributed by atoms with Crippen LogP contribution < -0.4 is 20.5 Å². The van der Waals surface area contributed by atoms with Crippen molar-refractivity contribution >= 4 is 34.2 Å². The summed E-state index contributed by atoms with van der Waals surface area (Å²) in [4.78, 5) is 12.0. The summed E-state index contributed by atoms with van der Waals surface area (Å²) in [6, 6.07) is 3.29. The molecule has 0 unspecified atom stereocenters. The molecule has 0 fully saturated rings. The molecule has 1 amide bonds. The summed E-state index contributed by atoms with van der Waals surface area (Å²) < 4.78 is 11.1. The molecule has 0 aliphatic carbocycles.